The zero-order valence-corrected chi connectivity index (χ0v) is 18.8. The van der Waals surface area contributed by atoms with E-state index in [4.69, 9.17) is 5.73 Å². The van der Waals surface area contributed by atoms with Crippen molar-refractivity contribution in [3.05, 3.63) is 68.5 Å². The van der Waals surface area contributed by atoms with Gasteiger partial charge in [0.25, 0.3) is 11.8 Å². The number of anilines is 1. The maximum absolute atomic E-state index is 13.6. The number of fused-ring (bicyclic) bond motifs is 1. The Morgan fingerprint density at radius 3 is 2.46 bits per heavy atom. The number of nitro groups is 1. The highest BCUT2D eigenvalue weighted by Crippen LogP contribution is 2.44. The first kappa shape index (κ1) is 23.8. The normalized spacial score (nSPS) is 11.6. The van der Waals surface area contributed by atoms with Crippen molar-refractivity contribution in [2.75, 3.05) is 5.32 Å². The average Bonchev–Trinajstić information content (AvgIpc) is 3.29. The summed E-state index contributed by atoms with van der Waals surface area (Å²) in [5, 5.41) is 17.9. The van der Waals surface area contributed by atoms with Gasteiger partial charge in [-0.15, -0.1) is 11.3 Å². The smallest absolute Gasteiger partial charge is 0.365 e. The molecule has 0 atom stereocenters. The summed E-state index contributed by atoms with van der Waals surface area (Å²) in [7, 11) is 1.32. The molecule has 3 N–H and O–H groups in total. The van der Waals surface area contributed by atoms with Gasteiger partial charge in [0.15, 0.2) is 0 Å². The van der Waals surface area contributed by atoms with E-state index in [0.29, 0.717) is 16.9 Å². The van der Waals surface area contributed by atoms with Crippen LogP contribution in [0.5, 0.6) is 0 Å². The van der Waals surface area contributed by atoms with Crippen molar-refractivity contribution in [2.24, 2.45) is 12.8 Å². The molecule has 0 aliphatic rings. The number of hydrogen-bond donors (Lipinski definition) is 2. The van der Waals surface area contributed by atoms with Crippen LogP contribution in [0.25, 0.3) is 21.3 Å². The number of nitrogens with two attached hydrogens (primary N) is 1. The predicted molar refractivity (Wildman–Crippen MR) is 121 cm³/mol. The molecule has 0 aliphatic heterocycles. The molecule has 14 heteroatoms. The summed E-state index contributed by atoms with van der Waals surface area (Å²) in [6.45, 7) is 1.35. The molecule has 3 heterocycles. The molecule has 0 aliphatic carbocycles. The molecule has 2 amide bonds. The molecule has 0 radical (unpaired) electrons. The molecule has 0 bridgehead atoms. The fourth-order valence-electron chi connectivity index (χ4n) is 3.67. The van der Waals surface area contributed by atoms with Crippen molar-refractivity contribution in [2.45, 2.75) is 13.1 Å². The van der Waals surface area contributed by atoms with Gasteiger partial charge in [-0.1, -0.05) is 30.3 Å². The van der Waals surface area contributed by atoms with Crippen LogP contribution < -0.4 is 11.1 Å². The Hall–Kier alpha value is -4.33. The second-order valence-corrected chi connectivity index (χ2v) is 8.39. The summed E-state index contributed by atoms with van der Waals surface area (Å²) >= 11 is 0.572. The van der Waals surface area contributed by atoms with E-state index in [1.807, 2.05) is 0 Å². The first-order valence-corrected chi connectivity index (χ1v) is 10.6. The summed E-state index contributed by atoms with van der Waals surface area (Å²) in [5.74, 6) is -2.02. The number of nitrogens with one attached hydrogen (secondary N) is 1. The van der Waals surface area contributed by atoms with Gasteiger partial charge in [0.05, 0.1) is 10.6 Å². The molecular weight excluding hydrogens is 489 g/mol. The Morgan fingerprint density at radius 1 is 1.23 bits per heavy atom. The molecule has 3 aromatic heterocycles. The monoisotopic (exact) mass is 504 g/mol. The first-order valence-electron chi connectivity index (χ1n) is 9.79. The van der Waals surface area contributed by atoms with Gasteiger partial charge in [0.1, 0.15) is 21.1 Å². The number of carbonyl (C=O) groups is 2. The lowest BCUT2D eigenvalue weighted by atomic mass is 10.0. The van der Waals surface area contributed by atoms with Gasteiger partial charge in [0, 0.05) is 12.4 Å². The molecule has 35 heavy (non-hydrogen) atoms. The molecule has 0 saturated heterocycles. The van der Waals surface area contributed by atoms with Crippen molar-refractivity contribution in [1.29, 1.82) is 0 Å². The standard InChI is InChI=1S/C21H15F3N6O4S/c1-9-15(30(33)34)16(29(2)28-9)19(32)27-14-13-11(10-6-4-3-5-7-10)8-12(21(22,23)24)26-20(13)35-17(14)18(25)31/h3-8H,1-2H3,(H2,25,31)(H,27,32). The maximum Gasteiger partial charge on any atom is 0.433 e. The highest BCUT2D eigenvalue weighted by molar-refractivity contribution is 7.21. The minimum atomic E-state index is -4.79. The van der Waals surface area contributed by atoms with E-state index in [0.717, 1.165) is 10.7 Å². The third kappa shape index (κ3) is 4.19. The second-order valence-electron chi connectivity index (χ2n) is 7.39. The van der Waals surface area contributed by atoms with E-state index < -0.39 is 40.0 Å². The van der Waals surface area contributed by atoms with E-state index in [9.17, 15) is 32.9 Å². The van der Waals surface area contributed by atoms with Crippen LogP contribution in [0.4, 0.5) is 24.5 Å². The summed E-state index contributed by atoms with van der Waals surface area (Å²) in [5.41, 5.74) is 3.48. The van der Waals surface area contributed by atoms with Gasteiger partial charge in [-0.25, -0.2) is 4.98 Å². The minimum absolute atomic E-state index is 0.0191. The molecule has 4 aromatic rings. The van der Waals surface area contributed by atoms with Crippen LogP contribution in [0.15, 0.2) is 36.4 Å². The number of alkyl halides is 3. The molecule has 0 spiro atoms. The molecule has 0 fully saturated rings. The maximum atomic E-state index is 13.6. The van der Waals surface area contributed by atoms with Crippen LogP contribution in [0.1, 0.15) is 31.5 Å². The van der Waals surface area contributed by atoms with E-state index in [1.54, 1.807) is 30.3 Å². The number of aryl methyl sites for hydroxylation is 2. The lowest BCUT2D eigenvalue weighted by molar-refractivity contribution is -0.385. The number of halogens is 3. The van der Waals surface area contributed by atoms with Gasteiger partial charge < -0.3 is 11.1 Å². The summed E-state index contributed by atoms with van der Waals surface area (Å²) in [6.07, 6.45) is -4.79. The van der Waals surface area contributed by atoms with Crippen molar-refractivity contribution in [1.82, 2.24) is 14.8 Å². The van der Waals surface area contributed by atoms with Crippen LogP contribution in [0.2, 0.25) is 0 Å². The van der Waals surface area contributed by atoms with Crippen molar-refractivity contribution in [3.63, 3.8) is 0 Å². The number of primary amides is 1. The molecule has 1 aromatic carbocycles. The van der Waals surface area contributed by atoms with Crippen LogP contribution in [-0.4, -0.2) is 31.5 Å². The Labute approximate surface area is 198 Å². The molecule has 0 saturated carbocycles. The molecule has 0 unspecified atom stereocenters. The van der Waals surface area contributed by atoms with Gasteiger partial charge in [0.2, 0.25) is 5.69 Å². The number of carbonyl (C=O) groups excluding carboxylic acids is 2. The Bertz CT molecular complexity index is 1510. The van der Waals surface area contributed by atoms with E-state index in [2.05, 4.69) is 15.4 Å². The number of pyridine rings is 1. The van der Waals surface area contributed by atoms with Gasteiger partial charge in [-0.2, -0.15) is 18.3 Å². The number of thiophene rings is 1. The number of amides is 2. The Balaban J connectivity index is 2.00. The van der Waals surface area contributed by atoms with Crippen LogP contribution >= 0.6 is 11.3 Å². The predicted octanol–water partition coefficient (Wildman–Crippen LogP) is 4.28. The summed E-state index contributed by atoms with van der Waals surface area (Å²) < 4.78 is 41.7. The topological polar surface area (TPSA) is 146 Å². The van der Waals surface area contributed by atoms with Crippen molar-refractivity contribution < 1.29 is 27.7 Å². The van der Waals surface area contributed by atoms with Gasteiger partial charge in [-0.3, -0.25) is 24.4 Å². The van der Waals surface area contributed by atoms with E-state index in [1.165, 1.54) is 14.0 Å². The third-order valence-corrected chi connectivity index (χ3v) is 6.19. The SMILES string of the molecule is Cc1nn(C)c(C(=O)Nc2c(C(N)=O)sc3nc(C(F)(F)F)cc(-c4ccccc4)c23)c1[N+](=O)[O-]. The second kappa shape index (κ2) is 8.47. The fraction of sp³-hybridized carbons (Fsp3) is 0.143. The summed E-state index contributed by atoms with van der Waals surface area (Å²) in [6, 6.07) is 8.80. The molecule has 4 rings (SSSR count). The molecular formula is C21H15F3N6O4S. The quantitative estimate of drug-likeness (QED) is 0.306. The zero-order chi connectivity index (χ0) is 25.7. The molecule has 10 nitrogen and oxygen atoms in total. The van der Waals surface area contributed by atoms with Crippen LogP contribution in [0.3, 0.4) is 0 Å². The lowest BCUT2D eigenvalue weighted by Crippen LogP contribution is -2.20. The summed E-state index contributed by atoms with van der Waals surface area (Å²) in [4.78, 5) is 39.3. The number of aromatic nitrogens is 3. The zero-order valence-electron chi connectivity index (χ0n) is 18.0. The average molecular weight is 504 g/mol. The van der Waals surface area contributed by atoms with Gasteiger partial charge in [-0.05, 0) is 24.1 Å². The van der Waals surface area contributed by atoms with Crippen LogP contribution in [0, 0.1) is 17.0 Å². The van der Waals surface area contributed by atoms with E-state index >= 15 is 0 Å². The highest BCUT2D eigenvalue weighted by atomic mass is 32.1. The first-order chi connectivity index (χ1) is 16.4. The highest BCUT2D eigenvalue weighted by Gasteiger charge is 2.36. The lowest BCUT2D eigenvalue weighted by Gasteiger charge is -2.12. The number of hydrogen-bond acceptors (Lipinski definition) is 7. The number of nitrogens with zero attached hydrogens (tertiary/aromatic N) is 4. The number of benzene rings is 1. The van der Waals surface area contributed by atoms with Crippen molar-refractivity contribution >= 4 is 44.7 Å². The number of rotatable bonds is 5. The fourth-order valence-corrected chi connectivity index (χ4v) is 4.68. The minimum Gasteiger partial charge on any atom is -0.365 e. The van der Waals surface area contributed by atoms with Gasteiger partial charge >= 0.3 is 11.9 Å². The van der Waals surface area contributed by atoms with Crippen LogP contribution in [-0.2, 0) is 13.2 Å². The Kier molecular flexibility index (Phi) is 5.76. The Morgan fingerprint density at radius 2 is 1.89 bits per heavy atom. The van der Waals surface area contributed by atoms with Crippen molar-refractivity contribution in [3.8, 4) is 11.1 Å². The third-order valence-electron chi connectivity index (χ3n) is 5.09. The largest absolute Gasteiger partial charge is 0.433 e. The van der Waals surface area contributed by atoms with E-state index in [-0.39, 0.29) is 32.0 Å². The molecule has 180 valence electrons.